The van der Waals surface area contributed by atoms with Gasteiger partial charge in [0.15, 0.2) is 0 Å². The first-order chi connectivity index (χ1) is 8.69. The predicted molar refractivity (Wildman–Crippen MR) is 72.7 cm³/mol. The summed E-state index contributed by atoms with van der Waals surface area (Å²) in [6, 6.07) is 0. The number of carbonyl (C=O) groups is 1. The Hall–Kier alpha value is -0.570. The van der Waals surface area contributed by atoms with Crippen molar-refractivity contribution in [1.82, 2.24) is 4.90 Å². The Labute approximate surface area is 111 Å². The predicted octanol–water partition coefficient (Wildman–Crippen LogP) is 3.29. The van der Waals surface area contributed by atoms with Crippen molar-refractivity contribution in [2.24, 2.45) is 5.92 Å². The molecule has 2 fully saturated rings. The maximum absolute atomic E-state index is 11.3. The van der Waals surface area contributed by atoms with Gasteiger partial charge < -0.3 is 5.11 Å². The van der Waals surface area contributed by atoms with Gasteiger partial charge in [-0.2, -0.15) is 0 Å². The summed E-state index contributed by atoms with van der Waals surface area (Å²) in [6.45, 7) is 4.46. The van der Waals surface area contributed by atoms with Gasteiger partial charge in [-0.25, -0.2) is 0 Å². The van der Waals surface area contributed by atoms with E-state index >= 15 is 0 Å². The lowest BCUT2D eigenvalue weighted by molar-refractivity contribution is -0.141. The van der Waals surface area contributed by atoms with Crippen LogP contribution in [-0.4, -0.2) is 34.6 Å². The SMILES string of the molecule is CCC1CCCC1(CC(=O)O)N1CCCCCC1. The van der Waals surface area contributed by atoms with Crippen molar-refractivity contribution in [2.75, 3.05) is 13.1 Å². The number of nitrogens with zero attached hydrogens (tertiary/aromatic N) is 1. The molecule has 3 nitrogen and oxygen atoms in total. The molecule has 2 unspecified atom stereocenters. The number of rotatable bonds is 4. The average Bonchev–Trinajstić information content (AvgIpc) is 2.57. The minimum absolute atomic E-state index is 0.0229. The number of aliphatic carboxylic acids is 1. The van der Waals surface area contributed by atoms with Gasteiger partial charge in [-0.05, 0) is 44.7 Å². The lowest BCUT2D eigenvalue weighted by Gasteiger charge is -2.44. The summed E-state index contributed by atoms with van der Waals surface area (Å²) in [4.78, 5) is 13.9. The van der Waals surface area contributed by atoms with Crippen molar-refractivity contribution in [2.45, 2.75) is 70.3 Å². The number of hydrogen-bond donors (Lipinski definition) is 1. The van der Waals surface area contributed by atoms with E-state index in [1.54, 1.807) is 0 Å². The van der Waals surface area contributed by atoms with E-state index < -0.39 is 5.97 Å². The van der Waals surface area contributed by atoms with Gasteiger partial charge in [0, 0.05) is 5.54 Å². The molecule has 0 radical (unpaired) electrons. The summed E-state index contributed by atoms with van der Waals surface area (Å²) in [5.74, 6) is -0.0219. The van der Waals surface area contributed by atoms with Crippen LogP contribution in [0.2, 0.25) is 0 Å². The van der Waals surface area contributed by atoms with Crippen LogP contribution in [0.25, 0.3) is 0 Å². The molecule has 1 saturated carbocycles. The molecule has 1 aliphatic heterocycles. The van der Waals surface area contributed by atoms with Crippen LogP contribution in [0.3, 0.4) is 0 Å². The van der Waals surface area contributed by atoms with Crippen molar-refractivity contribution in [3.8, 4) is 0 Å². The van der Waals surface area contributed by atoms with Gasteiger partial charge in [-0.15, -0.1) is 0 Å². The second-order valence-corrected chi connectivity index (χ2v) is 6.07. The summed E-state index contributed by atoms with van der Waals surface area (Å²) in [6.07, 6.45) is 10.1. The fourth-order valence-electron chi connectivity index (χ4n) is 4.25. The number of carboxylic acid groups (broad SMARTS) is 1. The van der Waals surface area contributed by atoms with Crippen molar-refractivity contribution in [1.29, 1.82) is 0 Å². The zero-order valence-corrected chi connectivity index (χ0v) is 11.7. The third-order valence-corrected chi connectivity index (χ3v) is 5.11. The third-order valence-electron chi connectivity index (χ3n) is 5.11. The highest BCUT2D eigenvalue weighted by molar-refractivity contribution is 5.68. The maximum atomic E-state index is 11.3. The number of carboxylic acids is 1. The van der Waals surface area contributed by atoms with Crippen LogP contribution < -0.4 is 0 Å². The third kappa shape index (κ3) is 2.71. The molecular formula is C15H27NO2. The molecule has 0 aromatic rings. The van der Waals surface area contributed by atoms with E-state index in [0.717, 1.165) is 25.9 Å². The molecular weight excluding hydrogens is 226 g/mol. The molecule has 0 amide bonds. The van der Waals surface area contributed by atoms with Gasteiger partial charge >= 0.3 is 5.97 Å². The highest BCUT2D eigenvalue weighted by Crippen LogP contribution is 2.45. The van der Waals surface area contributed by atoms with Gasteiger partial charge in [0.25, 0.3) is 0 Å². The van der Waals surface area contributed by atoms with Crippen LogP contribution in [0.4, 0.5) is 0 Å². The van der Waals surface area contributed by atoms with E-state index in [1.807, 2.05) is 0 Å². The molecule has 104 valence electrons. The zero-order valence-electron chi connectivity index (χ0n) is 11.7. The van der Waals surface area contributed by atoms with Gasteiger partial charge in [-0.1, -0.05) is 32.6 Å². The van der Waals surface area contributed by atoms with Crippen LogP contribution >= 0.6 is 0 Å². The van der Waals surface area contributed by atoms with Crippen LogP contribution in [0, 0.1) is 5.92 Å². The van der Waals surface area contributed by atoms with Gasteiger partial charge in [0.1, 0.15) is 0 Å². The van der Waals surface area contributed by atoms with E-state index in [-0.39, 0.29) is 5.54 Å². The molecule has 1 heterocycles. The van der Waals surface area contributed by atoms with E-state index in [1.165, 1.54) is 38.5 Å². The smallest absolute Gasteiger partial charge is 0.305 e. The average molecular weight is 253 g/mol. The number of likely N-dealkylation sites (tertiary alicyclic amines) is 1. The summed E-state index contributed by atoms with van der Waals surface area (Å²) >= 11 is 0. The summed E-state index contributed by atoms with van der Waals surface area (Å²) in [5.41, 5.74) is -0.0229. The summed E-state index contributed by atoms with van der Waals surface area (Å²) in [5, 5.41) is 9.33. The highest BCUT2D eigenvalue weighted by atomic mass is 16.4. The normalized spacial score (nSPS) is 34.4. The molecule has 0 aromatic heterocycles. The van der Waals surface area contributed by atoms with Crippen molar-refractivity contribution >= 4 is 5.97 Å². The molecule has 0 aromatic carbocycles. The topological polar surface area (TPSA) is 40.5 Å². The molecule has 2 atom stereocenters. The first-order valence-corrected chi connectivity index (χ1v) is 7.66. The Kier molecular flexibility index (Phi) is 4.66. The van der Waals surface area contributed by atoms with Crippen molar-refractivity contribution in [3.05, 3.63) is 0 Å². The molecule has 0 spiro atoms. The van der Waals surface area contributed by atoms with E-state index in [2.05, 4.69) is 11.8 Å². The molecule has 1 N–H and O–H groups in total. The Morgan fingerprint density at radius 3 is 2.44 bits per heavy atom. The lowest BCUT2D eigenvalue weighted by Crippen LogP contribution is -2.53. The summed E-state index contributed by atoms with van der Waals surface area (Å²) < 4.78 is 0. The largest absolute Gasteiger partial charge is 0.481 e. The fourth-order valence-corrected chi connectivity index (χ4v) is 4.25. The van der Waals surface area contributed by atoms with Crippen molar-refractivity contribution in [3.63, 3.8) is 0 Å². The first kappa shape index (κ1) is 13.9. The maximum Gasteiger partial charge on any atom is 0.305 e. The van der Waals surface area contributed by atoms with Gasteiger partial charge in [0.05, 0.1) is 6.42 Å². The lowest BCUT2D eigenvalue weighted by atomic mass is 9.80. The van der Waals surface area contributed by atoms with Gasteiger partial charge in [0.2, 0.25) is 0 Å². The van der Waals surface area contributed by atoms with E-state index in [4.69, 9.17) is 0 Å². The van der Waals surface area contributed by atoms with Crippen LogP contribution in [0.15, 0.2) is 0 Å². The molecule has 1 aliphatic carbocycles. The molecule has 2 aliphatic rings. The second kappa shape index (κ2) is 6.05. The van der Waals surface area contributed by atoms with Gasteiger partial charge in [-0.3, -0.25) is 9.69 Å². The molecule has 0 bridgehead atoms. The number of hydrogen-bond acceptors (Lipinski definition) is 2. The Morgan fingerprint density at radius 2 is 1.89 bits per heavy atom. The van der Waals surface area contributed by atoms with E-state index in [0.29, 0.717) is 12.3 Å². The Bertz CT molecular complexity index is 284. The molecule has 18 heavy (non-hydrogen) atoms. The monoisotopic (exact) mass is 253 g/mol. The minimum atomic E-state index is -0.611. The standard InChI is InChI=1S/C15H27NO2/c1-2-13-8-7-9-15(13,12-14(17)18)16-10-5-3-4-6-11-16/h13H,2-12H2,1H3,(H,17,18). The second-order valence-electron chi connectivity index (χ2n) is 6.07. The van der Waals surface area contributed by atoms with Crippen LogP contribution in [0.5, 0.6) is 0 Å². The Morgan fingerprint density at radius 1 is 1.22 bits per heavy atom. The quantitative estimate of drug-likeness (QED) is 0.836. The first-order valence-electron chi connectivity index (χ1n) is 7.66. The highest BCUT2D eigenvalue weighted by Gasteiger charge is 2.47. The Balaban J connectivity index is 2.19. The zero-order chi connectivity index (χ0) is 13.0. The van der Waals surface area contributed by atoms with E-state index in [9.17, 15) is 9.90 Å². The summed E-state index contributed by atoms with van der Waals surface area (Å²) in [7, 11) is 0. The van der Waals surface area contributed by atoms with Crippen molar-refractivity contribution < 1.29 is 9.90 Å². The van der Waals surface area contributed by atoms with Crippen LogP contribution in [-0.2, 0) is 4.79 Å². The molecule has 1 saturated heterocycles. The fraction of sp³-hybridized carbons (Fsp3) is 0.933. The minimum Gasteiger partial charge on any atom is -0.481 e. The van der Waals surface area contributed by atoms with Crippen LogP contribution in [0.1, 0.15) is 64.7 Å². The molecule has 3 heteroatoms. The molecule has 2 rings (SSSR count).